The third-order valence-corrected chi connectivity index (χ3v) is 2.95. The van der Waals surface area contributed by atoms with E-state index in [2.05, 4.69) is 28.1 Å². The Morgan fingerprint density at radius 1 is 1.07 bits per heavy atom. The molecule has 0 aliphatic heterocycles. The minimum absolute atomic E-state index is 0.258. The fourth-order valence-corrected chi connectivity index (χ4v) is 1.95. The van der Waals surface area contributed by atoms with Crippen molar-refractivity contribution >= 4 is 27.3 Å². The molecule has 1 aromatic carbocycles. The predicted octanol–water partition coefficient (Wildman–Crippen LogP) is 3.59. The molecule has 0 bridgehead atoms. The number of ketones is 1. The topological polar surface area (TPSA) is 17.1 Å². The van der Waals surface area contributed by atoms with Gasteiger partial charge in [-0.05, 0) is 42.2 Å². The minimum Gasteiger partial charge on any atom is -0.295 e. The Labute approximate surface area is 92.0 Å². The van der Waals surface area contributed by atoms with Crippen LogP contribution >= 0.6 is 15.9 Å². The van der Waals surface area contributed by atoms with Crippen molar-refractivity contribution in [3.63, 3.8) is 0 Å². The lowest BCUT2D eigenvalue weighted by atomic mass is 9.93. The second-order valence-electron chi connectivity index (χ2n) is 3.50. The summed E-state index contributed by atoms with van der Waals surface area (Å²) in [4.78, 5) is 11.2. The van der Waals surface area contributed by atoms with Crippen LogP contribution in [-0.2, 0) is 4.79 Å². The molecule has 2 rings (SSSR count). The van der Waals surface area contributed by atoms with Gasteiger partial charge >= 0.3 is 0 Å². The van der Waals surface area contributed by atoms with Crippen LogP contribution in [-0.4, -0.2) is 5.78 Å². The molecule has 0 spiro atoms. The van der Waals surface area contributed by atoms with Crippen LogP contribution in [0.15, 0.2) is 34.8 Å². The zero-order valence-electron chi connectivity index (χ0n) is 7.79. The lowest BCUT2D eigenvalue weighted by molar-refractivity contribution is -0.114. The molecule has 0 amide bonds. The summed E-state index contributed by atoms with van der Waals surface area (Å²) < 4.78 is 1.07. The second kappa shape index (κ2) is 4.09. The zero-order valence-corrected chi connectivity index (χ0v) is 9.38. The number of benzene rings is 1. The van der Waals surface area contributed by atoms with Crippen molar-refractivity contribution < 1.29 is 4.79 Å². The van der Waals surface area contributed by atoms with Crippen molar-refractivity contribution in [2.24, 2.45) is 0 Å². The third-order valence-electron chi connectivity index (χ3n) is 2.42. The van der Waals surface area contributed by atoms with Crippen LogP contribution in [0, 0.1) is 0 Å². The summed E-state index contributed by atoms with van der Waals surface area (Å²) in [7, 11) is 0. The molecule has 14 heavy (non-hydrogen) atoms. The van der Waals surface area contributed by atoms with E-state index in [-0.39, 0.29) is 5.78 Å². The smallest absolute Gasteiger partial charge is 0.155 e. The first-order valence-electron chi connectivity index (χ1n) is 4.75. The van der Waals surface area contributed by atoms with Crippen molar-refractivity contribution in [3.05, 3.63) is 40.4 Å². The fraction of sp³-hybridized carbons (Fsp3) is 0.250. The highest BCUT2D eigenvalue weighted by atomic mass is 79.9. The first-order valence-corrected chi connectivity index (χ1v) is 5.54. The highest BCUT2D eigenvalue weighted by Crippen LogP contribution is 2.26. The van der Waals surface area contributed by atoms with E-state index in [1.165, 1.54) is 11.1 Å². The SMILES string of the molecule is O=C1C=C(c2ccc(Br)cc2)CCC1. The van der Waals surface area contributed by atoms with Crippen LogP contribution in [0.3, 0.4) is 0 Å². The van der Waals surface area contributed by atoms with Crippen LogP contribution in [0.25, 0.3) is 5.57 Å². The van der Waals surface area contributed by atoms with Gasteiger partial charge in [0.25, 0.3) is 0 Å². The molecule has 1 aromatic rings. The Balaban J connectivity index is 2.30. The van der Waals surface area contributed by atoms with E-state index in [0.29, 0.717) is 6.42 Å². The summed E-state index contributed by atoms with van der Waals surface area (Å²) in [5.41, 5.74) is 2.34. The van der Waals surface area contributed by atoms with Crippen molar-refractivity contribution in [1.82, 2.24) is 0 Å². The molecule has 0 saturated carbocycles. The number of hydrogen-bond donors (Lipinski definition) is 0. The average Bonchev–Trinajstić information content (AvgIpc) is 2.19. The van der Waals surface area contributed by atoms with Crippen LogP contribution in [0.2, 0.25) is 0 Å². The molecule has 0 atom stereocenters. The number of rotatable bonds is 1. The number of hydrogen-bond acceptors (Lipinski definition) is 1. The highest BCUT2D eigenvalue weighted by molar-refractivity contribution is 9.10. The van der Waals surface area contributed by atoms with Gasteiger partial charge in [0.05, 0.1) is 0 Å². The van der Waals surface area contributed by atoms with E-state index in [1.807, 2.05) is 12.1 Å². The van der Waals surface area contributed by atoms with Gasteiger partial charge in [0.15, 0.2) is 5.78 Å². The summed E-state index contributed by atoms with van der Waals surface area (Å²) in [5.74, 6) is 0.258. The Hall–Kier alpha value is -0.890. The van der Waals surface area contributed by atoms with Gasteiger partial charge in [-0.3, -0.25) is 4.79 Å². The molecule has 0 heterocycles. The minimum atomic E-state index is 0.258. The number of allylic oxidation sites excluding steroid dienone is 2. The molecule has 0 radical (unpaired) electrons. The largest absolute Gasteiger partial charge is 0.295 e. The van der Waals surface area contributed by atoms with Gasteiger partial charge in [0.1, 0.15) is 0 Å². The highest BCUT2D eigenvalue weighted by Gasteiger charge is 2.10. The Kier molecular flexibility index (Phi) is 2.82. The molecular weight excluding hydrogens is 240 g/mol. The van der Waals surface area contributed by atoms with Gasteiger partial charge in [-0.1, -0.05) is 28.1 Å². The van der Waals surface area contributed by atoms with Crippen LogP contribution in [0.4, 0.5) is 0 Å². The lowest BCUT2D eigenvalue weighted by Gasteiger charge is -2.11. The summed E-state index contributed by atoms with van der Waals surface area (Å²) in [6.07, 6.45) is 4.50. The molecule has 72 valence electrons. The van der Waals surface area contributed by atoms with Crippen molar-refractivity contribution in [3.8, 4) is 0 Å². The van der Waals surface area contributed by atoms with Gasteiger partial charge in [-0.2, -0.15) is 0 Å². The number of carbonyl (C=O) groups is 1. The molecule has 1 nitrogen and oxygen atoms in total. The summed E-state index contributed by atoms with van der Waals surface area (Å²) in [5, 5.41) is 0. The average molecular weight is 251 g/mol. The molecule has 0 saturated heterocycles. The van der Waals surface area contributed by atoms with E-state index in [9.17, 15) is 4.79 Å². The molecular formula is C12H11BrO. The molecule has 0 N–H and O–H groups in total. The van der Waals surface area contributed by atoms with Gasteiger partial charge in [-0.25, -0.2) is 0 Å². The maximum atomic E-state index is 11.2. The van der Waals surface area contributed by atoms with Gasteiger partial charge in [0.2, 0.25) is 0 Å². The van der Waals surface area contributed by atoms with E-state index in [0.717, 1.165) is 17.3 Å². The van der Waals surface area contributed by atoms with E-state index in [1.54, 1.807) is 6.08 Å². The standard InChI is InChI=1S/C12H11BrO/c13-11-6-4-9(5-7-11)10-2-1-3-12(14)8-10/h4-8H,1-3H2. The van der Waals surface area contributed by atoms with Crippen molar-refractivity contribution in [2.75, 3.05) is 0 Å². The quantitative estimate of drug-likeness (QED) is 0.745. The van der Waals surface area contributed by atoms with Gasteiger partial charge in [0, 0.05) is 10.9 Å². The maximum Gasteiger partial charge on any atom is 0.155 e. The van der Waals surface area contributed by atoms with Gasteiger partial charge in [-0.15, -0.1) is 0 Å². The van der Waals surface area contributed by atoms with E-state index < -0.39 is 0 Å². The number of halogens is 1. The molecule has 1 aliphatic carbocycles. The maximum absolute atomic E-state index is 11.2. The Morgan fingerprint density at radius 2 is 1.79 bits per heavy atom. The summed E-state index contributed by atoms with van der Waals surface area (Å²) >= 11 is 3.39. The summed E-state index contributed by atoms with van der Waals surface area (Å²) in [6.45, 7) is 0. The molecule has 2 heteroatoms. The number of carbonyl (C=O) groups excluding carboxylic acids is 1. The van der Waals surface area contributed by atoms with Crippen LogP contribution in [0.5, 0.6) is 0 Å². The molecule has 0 unspecified atom stereocenters. The first kappa shape index (κ1) is 9.66. The Bertz CT molecular complexity index is 376. The monoisotopic (exact) mass is 250 g/mol. The second-order valence-corrected chi connectivity index (χ2v) is 4.41. The molecule has 0 fully saturated rings. The van der Waals surface area contributed by atoms with Crippen LogP contribution < -0.4 is 0 Å². The van der Waals surface area contributed by atoms with Crippen molar-refractivity contribution in [1.29, 1.82) is 0 Å². The zero-order chi connectivity index (χ0) is 9.97. The predicted molar refractivity (Wildman–Crippen MR) is 61.0 cm³/mol. The Morgan fingerprint density at radius 3 is 2.43 bits per heavy atom. The fourth-order valence-electron chi connectivity index (χ4n) is 1.68. The van der Waals surface area contributed by atoms with Crippen LogP contribution in [0.1, 0.15) is 24.8 Å². The summed E-state index contributed by atoms with van der Waals surface area (Å²) in [6, 6.07) is 8.12. The van der Waals surface area contributed by atoms with E-state index >= 15 is 0 Å². The molecule has 1 aliphatic rings. The van der Waals surface area contributed by atoms with Crippen molar-refractivity contribution in [2.45, 2.75) is 19.3 Å². The molecule has 0 aromatic heterocycles. The first-order chi connectivity index (χ1) is 6.75. The lowest BCUT2D eigenvalue weighted by Crippen LogP contribution is -2.01. The third kappa shape index (κ3) is 2.13. The normalized spacial score (nSPS) is 16.6. The van der Waals surface area contributed by atoms with Gasteiger partial charge < -0.3 is 0 Å². The van der Waals surface area contributed by atoms with E-state index in [4.69, 9.17) is 0 Å².